The van der Waals surface area contributed by atoms with E-state index in [0.29, 0.717) is 17.8 Å². The third kappa shape index (κ3) is 5.02. The van der Waals surface area contributed by atoms with Crippen molar-refractivity contribution < 1.29 is 4.79 Å². The summed E-state index contributed by atoms with van der Waals surface area (Å²) < 4.78 is 5.63. The summed E-state index contributed by atoms with van der Waals surface area (Å²) in [6.07, 6.45) is 10.9. The van der Waals surface area contributed by atoms with E-state index in [-0.39, 0.29) is 11.9 Å². The smallest absolute Gasteiger partial charge is 0.255 e. The van der Waals surface area contributed by atoms with Crippen LogP contribution in [0.2, 0.25) is 0 Å². The van der Waals surface area contributed by atoms with Gasteiger partial charge in [0.1, 0.15) is 11.5 Å². The highest BCUT2D eigenvalue weighted by molar-refractivity contribution is 5.97. The zero-order valence-corrected chi connectivity index (χ0v) is 21.9. The standard InChI is InChI=1S/C28H30N10O/c1-3-30-26-15-21(10-11-31-26)23-16-37(35-33-23)17-24-27(25-5-4-13-38(25)34-24)28(39)32-19(2)20-6-8-22(9-7-20)36-14-12-29-18-36/h6-12,14-16,18-19H,3-5,13,17H2,1-2H3,(H,30,31)(H,32,39). The van der Waals surface area contributed by atoms with Crippen LogP contribution >= 0.6 is 0 Å². The van der Waals surface area contributed by atoms with Gasteiger partial charge in [-0.2, -0.15) is 5.10 Å². The Labute approximate surface area is 225 Å². The van der Waals surface area contributed by atoms with Gasteiger partial charge in [0.05, 0.1) is 42.1 Å². The number of imidazole rings is 1. The highest BCUT2D eigenvalue weighted by Gasteiger charge is 2.28. The molecule has 0 aliphatic carbocycles. The Morgan fingerprint density at radius 3 is 2.82 bits per heavy atom. The summed E-state index contributed by atoms with van der Waals surface area (Å²) in [4.78, 5) is 22.0. The zero-order chi connectivity index (χ0) is 26.8. The van der Waals surface area contributed by atoms with Crippen molar-refractivity contribution in [1.82, 2.24) is 44.6 Å². The third-order valence-corrected chi connectivity index (χ3v) is 6.95. The Morgan fingerprint density at radius 1 is 1.15 bits per heavy atom. The van der Waals surface area contributed by atoms with E-state index in [9.17, 15) is 4.79 Å². The number of rotatable bonds is 9. The molecule has 0 bridgehead atoms. The number of hydrogen-bond donors (Lipinski definition) is 2. The summed E-state index contributed by atoms with van der Waals surface area (Å²) in [6.45, 7) is 5.98. The molecule has 6 rings (SSSR count). The van der Waals surface area contributed by atoms with E-state index in [4.69, 9.17) is 5.10 Å². The average molecular weight is 523 g/mol. The lowest BCUT2D eigenvalue weighted by Crippen LogP contribution is -2.28. The van der Waals surface area contributed by atoms with Crippen molar-refractivity contribution in [1.29, 1.82) is 0 Å². The van der Waals surface area contributed by atoms with Crippen LogP contribution in [0.5, 0.6) is 0 Å². The van der Waals surface area contributed by atoms with Gasteiger partial charge in [0.2, 0.25) is 0 Å². The molecule has 0 saturated heterocycles. The van der Waals surface area contributed by atoms with Crippen molar-refractivity contribution in [3.8, 4) is 16.9 Å². The molecule has 0 saturated carbocycles. The van der Waals surface area contributed by atoms with E-state index in [0.717, 1.165) is 60.0 Å². The minimum atomic E-state index is -0.172. The van der Waals surface area contributed by atoms with Gasteiger partial charge in [0.25, 0.3) is 5.91 Å². The minimum absolute atomic E-state index is 0.121. The number of amides is 1. The maximum Gasteiger partial charge on any atom is 0.255 e. The largest absolute Gasteiger partial charge is 0.370 e. The number of aryl methyl sites for hydroxylation is 1. The van der Waals surface area contributed by atoms with Crippen molar-refractivity contribution in [2.24, 2.45) is 0 Å². The number of nitrogens with one attached hydrogen (secondary N) is 2. The molecule has 1 amide bonds. The second-order valence-corrected chi connectivity index (χ2v) is 9.61. The molecule has 5 aromatic rings. The van der Waals surface area contributed by atoms with Crippen LogP contribution in [0, 0.1) is 0 Å². The number of hydrogen-bond acceptors (Lipinski definition) is 7. The summed E-state index contributed by atoms with van der Waals surface area (Å²) in [6, 6.07) is 11.8. The normalized spacial score (nSPS) is 13.3. The summed E-state index contributed by atoms with van der Waals surface area (Å²) in [5, 5.41) is 19.9. The fourth-order valence-electron chi connectivity index (χ4n) is 4.99. The Bertz CT molecular complexity index is 1580. The van der Waals surface area contributed by atoms with E-state index in [1.807, 2.05) is 71.9 Å². The summed E-state index contributed by atoms with van der Waals surface area (Å²) in [5.41, 5.74) is 6.02. The quantitative estimate of drug-likeness (QED) is 0.303. The lowest BCUT2D eigenvalue weighted by atomic mass is 10.1. The number of carbonyl (C=O) groups is 1. The van der Waals surface area contributed by atoms with Gasteiger partial charge in [-0.3, -0.25) is 9.48 Å². The predicted octanol–water partition coefficient (Wildman–Crippen LogP) is 3.64. The molecule has 1 aliphatic heterocycles. The summed E-state index contributed by atoms with van der Waals surface area (Å²) >= 11 is 0. The molecule has 0 fully saturated rings. The van der Waals surface area contributed by atoms with Gasteiger partial charge in [-0.1, -0.05) is 17.3 Å². The lowest BCUT2D eigenvalue weighted by molar-refractivity contribution is 0.0938. The molecule has 11 nitrogen and oxygen atoms in total. The highest BCUT2D eigenvalue weighted by atomic mass is 16.1. The maximum atomic E-state index is 13.6. The monoisotopic (exact) mass is 522 g/mol. The van der Waals surface area contributed by atoms with Crippen molar-refractivity contribution in [3.05, 3.63) is 90.0 Å². The van der Waals surface area contributed by atoms with E-state index < -0.39 is 0 Å². The number of pyridine rings is 1. The molecule has 2 N–H and O–H groups in total. The molecular weight excluding hydrogens is 492 g/mol. The third-order valence-electron chi connectivity index (χ3n) is 6.95. The van der Waals surface area contributed by atoms with Gasteiger partial charge < -0.3 is 15.2 Å². The fourth-order valence-corrected chi connectivity index (χ4v) is 4.99. The SMILES string of the molecule is CCNc1cc(-c2cn(Cc3nn4c(c3C(=O)NC(C)c3ccc(-n5ccnc5)cc3)CCC4)nn2)ccn1. The Kier molecular flexibility index (Phi) is 6.62. The maximum absolute atomic E-state index is 13.6. The van der Waals surface area contributed by atoms with Gasteiger partial charge >= 0.3 is 0 Å². The van der Waals surface area contributed by atoms with Crippen molar-refractivity contribution in [3.63, 3.8) is 0 Å². The van der Waals surface area contributed by atoms with Gasteiger partial charge in [-0.25, -0.2) is 14.6 Å². The molecule has 11 heteroatoms. The van der Waals surface area contributed by atoms with Crippen LogP contribution in [0.15, 0.2) is 67.5 Å². The van der Waals surface area contributed by atoms with E-state index >= 15 is 0 Å². The van der Waals surface area contributed by atoms with Crippen LogP contribution in [0.4, 0.5) is 5.82 Å². The number of aromatic nitrogens is 8. The first-order valence-corrected chi connectivity index (χ1v) is 13.2. The van der Waals surface area contributed by atoms with Gasteiger partial charge in [0, 0.05) is 42.9 Å². The molecule has 5 heterocycles. The van der Waals surface area contributed by atoms with Crippen molar-refractivity contribution in [2.75, 3.05) is 11.9 Å². The number of benzene rings is 1. The van der Waals surface area contributed by atoms with Crippen LogP contribution in [0.25, 0.3) is 16.9 Å². The first-order valence-electron chi connectivity index (χ1n) is 13.2. The van der Waals surface area contributed by atoms with Crippen LogP contribution in [0.3, 0.4) is 0 Å². The van der Waals surface area contributed by atoms with Crippen molar-refractivity contribution in [2.45, 2.75) is 45.8 Å². The van der Waals surface area contributed by atoms with Crippen LogP contribution < -0.4 is 10.6 Å². The summed E-state index contributed by atoms with van der Waals surface area (Å²) in [7, 11) is 0. The molecular formula is C28H30N10O. The molecule has 198 valence electrons. The molecule has 0 radical (unpaired) electrons. The topological polar surface area (TPSA) is 120 Å². The van der Waals surface area contributed by atoms with Gasteiger partial charge in [-0.15, -0.1) is 5.10 Å². The fraction of sp³-hybridized carbons (Fsp3) is 0.286. The Morgan fingerprint density at radius 2 is 2.03 bits per heavy atom. The predicted molar refractivity (Wildman–Crippen MR) is 147 cm³/mol. The number of anilines is 1. The lowest BCUT2D eigenvalue weighted by Gasteiger charge is -2.16. The van der Waals surface area contributed by atoms with E-state index in [1.54, 1.807) is 23.4 Å². The molecule has 1 unspecified atom stereocenters. The molecule has 39 heavy (non-hydrogen) atoms. The van der Waals surface area contributed by atoms with Crippen molar-refractivity contribution >= 4 is 11.7 Å². The zero-order valence-electron chi connectivity index (χ0n) is 21.9. The first kappa shape index (κ1) is 24.5. The second-order valence-electron chi connectivity index (χ2n) is 9.61. The summed E-state index contributed by atoms with van der Waals surface area (Å²) in [5.74, 6) is 0.670. The van der Waals surface area contributed by atoms with E-state index in [2.05, 4.69) is 30.9 Å². The van der Waals surface area contributed by atoms with Crippen LogP contribution in [-0.2, 0) is 19.5 Å². The first-order chi connectivity index (χ1) is 19.1. The molecule has 1 atom stereocenters. The highest BCUT2D eigenvalue weighted by Crippen LogP contribution is 2.25. The Hall–Kier alpha value is -4.80. The van der Waals surface area contributed by atoms with Crippen LogP contribution in [0.1, 0.15) is 53.6 Å². The second kappa shape index (κ2) is 10.5. The van der Waals surface area contributed by atoms with E-state index in [1.165, 1.54) is 0 Å². The Balaban J connectivity index is 1.20. The minimum Gasteiger partial charge on any atom is -0.370 e. The number of fused-ring (bicyclic) bond motifs is 1. The average Bonchev–Trinajstić information content (AvgIpc) is 3.75. The molecule has 0 spiro atoms. The molecule has 4 aromatic heterocycles. The van der Waals surface area contributed by atoms with Crippen LogP contribution in [-0.4, -0.2) is 51.8 Å². The van der Waals surface area contributed by atoms with Gasteiger partial charge in [0.15, 0.2) is 0 Å². The van der Waals surface area contributed by atoms with Gasteiger partial charge in [-0.05, 0) is 56.5 Å². The number of nitrogens with zero attached hydrogens (tertiary/aromatic N) is 8. The molecule has 1 aromatic carbocycles. The molecule has 1 aliphatic rings. The number of carbonyl (C=O) groups excluding carboxylic acids is 1.